The SMILES string of the molecule is CCOCC(O)COCCCCOCC(O)COCC. The molecular weight excluding hydrogens is 264 g/mol. The molecule has 0 bridgehead atoms. The first-order chi connectivity index (χ1) is 9.70. The van der Waals surface area contributed by atoms with Crippen molar-refractivity contribution in [3.8, 4) is 0 Å². The lowest BCUT2D eigenvalue weighted by Gasteiger charge is -2.12. The summed E-state index contributed by atoms with van der Waals surface area (Å²) >= 11 is 0. The highest BCUT2D eigenvalue weighted by molar-refractivity contribution is 4.52. The first-order valence-corrected chi connectivity index (χ1v) is 7.37. The second-order valence-electron chi connectivity index (χ2n) is 4.48. The number of rotatable bonds is 15. The van der Waals surface area contributed by atoms with E-state index in [1.807, 2.05) is 13.8 Å². The average molecular weight is 294 g/mol. The Morgan fingerprint density at radius 3 is 1.35 bits per heavy atom. The quantitative estimate of drug-likeness (QED) is 0.431. The number of aliphatic hydroxyl groups is 2. The third kappa shape index (κ3) is 14.2. The summed E-state index contributed by atoms with van der Waals surface area (Å²) in [5.41, 5.74) is 0. The highest BCUT2D eigenvalue weighted by Crippen LogP contribution is 1.95. The van der Waals surface area contributed by atoms with Crippen LogP contribution in [0.2, 0.25) is 0 Å². The van der Waals surface area contributed by atoms with Crippen LogP contribution in [-0.4, -0.2) is 75.3 Å². The molecule has 0 saturated heterocycles. The molecule has 6 heteroatoms. The Labute approximate surface area is 122 Å². The summed E-state index contributed by atoms with van der Waals surface area (Å²) in [6.45, 7) is 7.39. The normalized spacial score (nSPS) is 14.4. The van der Waals surface area contributed by atoms with Gasteiger partial charge in [-0.15, -0.1) is 0 Å². The Balaban J connectivity index is 3.16. The van der Waals surface area contributed by atoms with E-state index in [-0.39, 0.29) is 0 Å². The molecule has 0 spiro atoms. The van der Waals surface area contributed by atoms with Gasteiger partial charge in [0.15, 0.2) is 0 Å². The van der Waals surface area contributed by atoms with E-state index in [1.165, 1.54) is 0 Å². The van der Waals surface area contributed by atoms with Crippen LogP contribution in [0.1, 0.15) is 26.7 Å². The van der Waals surface area contributed by atoms with Gasteiger partial charge in [-0.25, -0.2) is 0 Å². The minimum absolute atomic E-state index is 0.300. The smallest absolute Gasteiger partial charge is 0.101 e. The van der Waals surface area contributed by atoms with Gasteiger partial charge in [0, 0.05) is 26.4 Å². The van der Waals surface area contributed by atoms with Crippen LogP contribution in [0.5, 0.6) is 0 Å². The second kappa shape index (κ2) is 15.2. The van der Waals surface area contributed by atoms with Crippen LogP contribution < -0.4 is 0 Å². The summed E-state index contributed by atoms with van der Waals surface area (Å²) in [7, 11) is 0. The van der Waals surface area contributed by atoms with Crippen LogP contribution in [0, 0.1) is 0 Å². The maximum atomic E-state index is 9.44. The molecule has 122 valence electrons. The van der Waals surface area contributed by atoms with Crippen molar-refractivity contribution >= 4 is 0 Å². The minimum atomic E-state index is -0.556. The van der Waals surface area contributed by atoms with Crippen molar-refractivity contribution in [1.82, 2.24) is 0 Å². The molecule has 2 atom stereocenters. The molecule has 0 fully saturated rings. The fourth-order valence-electron chi connectivity index (χ4n) is 1.45. The first kappa shape index (κ1) is 19.8. The number of hydrogen-bond donors (Lipinski definition) is 2. The van der Waals surface area contributed by atoms with Gasteiger partial charge in [0.05, 0.1) is 26.4 Å². The Morgan fingerprint density at radius 2 is 1.00 bits per heavy atom. The lowest BCUT2D eigenvalue weighted by Crippen LogP contribution is -2.22. The minimum Gasteiger partial charge on any atom is -0.388 e. The Hall–Kier alpha value is -0.240. The van der Waals surface area contributed by atoms with Crippen LogP contribution in [0.15, 0.2) is 0 Å². The highest BCUT2D eigenvalue weighted by atomic mass is 16.5. The molecule has 2 unspecified atom stereocenters. The monoisotopic (exact) mass is 294 g/mol. The second-order valence-corrected chi connectivity index (χ2v) is 4.48. The molecule has 0 aromatic rings. The van der Waals surface area contributed by atoms with Gasteiger partial charge in [0.25, 0.3) is 0 Å². The van der Waals surface area contributed by atoms with Crippen LogP contribution >= 0.6 is 0 Å². The van der Waals surface area contributed by atoms with E-state index in [1.54, 1.807) is 0 Å². The van der Waals surface area contributed by atoms with Gasteiger partial charge in [0.2, 0.25) is 0 Å². The molecule has 0 aromatic heterocycles. The Kier molecular flexibility index (Phi) is 15.0. The van der Waals surface area contributed by atoms with Crippen molar-refractivity contribution in [2.75, 3.05) is 52.9 Å². The van der Waals surface area contributed by atoms with Gasteiger partial charge in [0.1, 0.15) is 12.2 Å². The number of unbranched alkanes of at least 4 members (excludes halogenated alkanes) is 1. The summed E-state index contributed by atoms with van der Waals surface area (Å²) in [6, 6.07) is 0. The van der Waals surface area contributed by atoms with E-state index in [2.05, 4.69) is 0 Å². The standard InChI is InChI=1S/C14H30O6/c1-3-17-9-13(15)11-19-7-5-6-8-20-12-14(16)10-18-4-2/h13-16H,3-12H2,1-2H3. The van der Waals surface area contributed by atoms with Crippen molar-refractivity contribution in [1.29, 1.82) is 0 Å². The van der Waals surface area contributed by atoms with E-state index in [9.17, 15) is 10.2 Å². The van der Waals surface area contributed by atoms with E-state index < -0.39 is 12.2 Å². The molecule has 0 aliphatic rings. The molecule has 0 aromatic carbocycles. The highest BCUT2D eigenvalue weighted by Gasteiger charge is 2.04. The van der Waals surface area contributed by atoms with Gasteiger partial charge in [-0.2, -0.15) is 0 Å². The number of aliphatic hydroxyl groups excluding tert-OH is 2. The van der Waals surface area contributed by atoms with Gasteiger partial charge in [-0.1, -0.05) is 0 Å². The molecule has 0 radical (unpaired) electrons. The molecule has 0 aliphatic carbocycles. The topological polar surface area (TPSA) is 77.4 Å². The zero-order valence-corrected chi connectivity index (χ0v) is 12.8. The van der Waals surface area contributed by atoms with Crippen LogP contribution in [0.25, 0.3) is 0 Å². The molecule has 20 heavy (non-hydrogen) atoms. The van der Waals surface area contributed by atoms with Crippen molar-refractivity contribution in [3.05, 3.63) is 0 Å². The number of hydrogen-bond acceptors (Lipinski definition) is 6. The zero-order valence-electron chi connectivity index (χ0n) is 12.8. The average Bonchev–Trinajstić information content (AvgIpc) is 2.45. The maximum absolute atomic E-state index is 9.44. The molecule has 0 rings (SSSR count). The molecule has 2 N–H and O–H groups in total. The third-order valence-corrected chi connectivity index (χ3v) is 2.48. The Morgan fingerprint density at radius 1 is 0.650 bits per heavy atom. The molecule has 0 amide bonds. The summed E-state index contributed by atoms with van der Waals surface area (Å²) in [5, 5.41) is 18.9. The lowest BCUT2D eigenvalue weighted by atomic mass is 10.3. The number of ether oxygens (including phenoxy) is 4. The van der Waals surface area contributed by atoms with Gasteiger partial charge in [-0.05, 0) is 26.7 Å². The van der Waals surface area contributed by atoms with Crippen molar-refractivity contribution in [2.24, 2.45) is 0 Å². The summed E-state index contributed by atoms with van der Waals surface area (Å²) < 4.78 is 20.8. The van der Waals surface area contributed by atoms with Gasteiger partial charge in [-0.3, -0.25) is 0 Å². The predicted molar refractivity (Wildman–Crippen MR) is 75.9 cm³/mol. The van der Waals surface area contributed by atoms with Gasteiger partial charge >= 0.3 is 0 Å². The van der Waals surface area contributed by atoms with Crippen molar-refractivity contribution in [3.63, 3.8) is 0 Å². The van der Waals surface area contributed by atoms with Crippen LogP contribution in [0.4, 0.5) is 0 Å². The van der Waals surface area contributed by atoms with Crippen LogP contribution in [-0.2, 0) is 18.9 Å². The summed E-state index contributed by atoms with van der Waals surface area (Å²) in [4.78, 5) is 0. The largest absolute Gasteiger partial charge is 0.388 e. The molecule has 0 aliphatic heterocycles. The molecular formula is C14H30O6. The van der Waals surface area contributed by atoms with E-state index >= 15 is 0 Å². The summed E-state index contributed by atoms with van der Waals surface area (Å²) in [5.74, 6) is 0. The van der Waals surface area contributed by atoms with Gasteiger partial charge < -0.3 is 29.2 Å². The Bertz CT molecular complexity index is 171. The fourth-order valence-corrected chi connectivity index (χ4v) is 1.45. The lowest BCUT2D eigenvalue weighted by molar-refractivity contribution is -0.0241. The van der Waals surface area contributed by atoms with E-state index in [0.29, 0.717) is 52.9 Å². The molecule has 6 nitrogen and oxygen atoms in total. The molecule has 0 heterocycles. The fraction of sp³-hybridized carbons (Fsp3) is 1.00. The first-order valence-electron chi connectivity index (χ1n) is 7.37. The third-order valence-electron chi connectivity index (χ3n) is 2.48. The van der Waals surface area contributed by atoms with Crippen molar-refractivity contribution < 1.29 is 29.2 Å². The zero-order chi connectivity index (χ0) is 15.1. The maximum Gasteiger partial charge on any atom is 0.101 e. The molecule has 0 saturated carbocycles. The summed E-state index contributed by atoms with van der Waals surface area (Å²) in [6.07, 6.45) is 0.617. The van der Waals surface area contributed by atoms with Crippen molar-refractivity contribution in [2.45, 2.75) is 38.9 Å². The van der Waals surface area contributed by atoms with E-state index in [4.69, 9.17) is 18.9 Å². The van der Waals surface area contributed by atoms with E-state index in [0.717, 1.165) is 12.8 Å². The van der Waals surface area contributed by atoms with Crippen LogP contribution in [0.3, 0.4) is 0 Å². The predicted octanol–water partition coefficient (Wildman–Crippen LogP) is 0.595.